The Balaban J connectivity index is 1.00. The highest BCUT2D eigenvalue weighted by Crippen LogP contribution is 2.61. The fourth-order valence-corrected chi connectivity index (χ4v) is 10.3. The van der Waals surface area contributed by atoms with E-state index in [9.17, 15) is 35.1 Å². The van der Waals surface area contributed by atoms with E-state index in [4.69, 9.17) is 9.47 Å². The molecule has 1 aromatic carbocycles. The molecular weight excluding hydrogens is 636 g/mol. The number of benzene rings is 1. The summed E-state index contributed by atoms with van der Waals surface area (Å²) in [6, 6.07) is 5.83. The van der Waals surface area contributed by atoms with Crippen LogP contribution in [0.25, 0.3) is 0 Å². The molecular formula is C41H58O9. The second-order valence-electron chi connectivity index (χ2n) is 16.5. The molecule has 0 heterocycles. The van der Waals surface area contributed by atoms with Gasteiger partial charge in [0.05, 0.1) is 42.9 Å². The Morgan fingerprint density at radius 1 is 1.08 bits per heavy atom. The Bertz CT molecular complexity index is 1450. The molecule has 0 amide bonds. The van der Waals surface area contributed by atoms with Crippen molar-refractivity contribution in [3.05, 3.63) is 53.1 Å². The van der Waals surface area contributed by atoms with Crippen molar-refractivity contribution in [2.24, 2.45) is 40.9 Å². The van der Waals surface area contributed by atoms with Crippen molar-refractivity contribution in [2.45, 2.75) is 141 Å². The molecule has 0 unspecified atom stereocenters. The molecule has 276 valence electrons. The maximum absolute atomic E-state index is 12.9. The summed E-state index contributed by atoms with van der Waals surface area (Å²) in [5.74, 6) is 0.690. The molecule has 0 bridgehead atoms. The number of rotatable bonds is 11. The lowest BCUT2D eigenvalue weighted by Gasteiger charge is -2.49. The molecule has 5 aliphatic rings. The van der Waals surface area contributed by atoms with Gasteiger partial charge in [-0.15, -0.1) is 0 Å². The van der Waals surface area contributed by atoms with Crippen molar-refractivity contribution in [2.75, 3.05) is 0 Å². The summed E-state index contributed by atoms with van der Waals surface area (Å²) < 4.78 is 11.6. The van der Waals surface area contributed by atoms with Gasteiger partial charge in [-0.25, -0.2) is 0 Å². The average Bonchev–Trinajstić information content (AvgIpc) is 3.31. The largest absolute Gasteiger partial charge is 0.461 e. The predicted octanol–water partition coefficient (Wildman–Crippen LogP) is 5.15. The first-order valence-electron chi connectivity index (χ1n) is 19.1. The van der Waals surface area contributed by atoms with Gasteiger partial charge in [0.2, 0.25) is 0 Å². The molecule has 6 rings (SSSR count). The number of aliphatic hydroxyl groups is 5. The van der Waals surface area contributed by atoms with Gasteiger partial charge in [-0.05, 0) is 122 Å². The second-order valence-corrected chi connectivity index (χ2v) is 16.5. The number of fused-ring (bicyclic) bond motifs is 6. The highest BCUT2D eigenvalue weighted by atomic mass is 16.5. The Labute approximate surface area is 296 Å². The van der Waals surface area contributed by atoms with Crippen LogP contribution in [0.15, 0.2) is 42.0 Å². The van der Waals surface area contributed by atoms with E-state index in [1.165, 1.54) is 11.1 Å². The number of esters is 2. The summed E-state index contributed by atoms with van der Waals surface area (Å²) in [5, 5.41) is 53.3. The summed E-state index contributed by atoms with van der Waals surface area (Å²) in [6.45, 7) is 8.04. The topological polar surface area (TPSA) is 154 Å². The van der Waals surface area contributed by atoms with E-state index in [1.54, 1.807) is 0 Å². The molecule has 1 aromatic rings. The molecule has 0 spiro atoms. The van der Waals surface area contributed by atoms with Crippen molar-refractivity contribution in [3.8, 4) is 5.75 Å². The molecule has 5 aliphatic carbocycles. The van der Waals surface area contributed by atoms with Crippen LogP contribution in [-0.4, -0.2) is 74.1 Å². The third-order valence-electron chi connectivity index (χ3n) is 13.3. The third-order valence-corrected chi connectivity index (χ3v) is 13.3. The lowest BCUT2D eigenvalue weighted by atomic mass is 9.55. The van der Waals surface area contributed by atoms with Gasteiger partial charge in [-0.1, -0.05) is 52.0 Å². The molecule has 50 heavy (non-hydrogen) atoms. The number of carbonyl (C=O) groups is 2. The van der Waals surface area contributed by atoms with Crippen molar-refractivity contribution in [3.63, 3.8) is 0 Å². The quantitative estimate of drug-likeness (QED) is 0.156. The molecule has 9 heteroatoms. The van der Waals surface area contributed by atoms with Gasteiger partial charge in [-0.3, -0.25) is 9.59 Å². The first-order chi connectivity index (χ1) is 23.8. The summed E-state index contributed by atoms with van der Waals surface area (Å²) in [4.78, 5) is 25.6. The van der Waals surface area contributed by atoms with Crippen LogP contribution in [0.3, 0.4) is 0 Å². The zero-order valence-corrected chi connectivity index (χ0v) is 30.1. The second kappa shape index (κ2) is 15.2. The van der Waals surface area contributed by atoms with Crippen LogP contribution in [-0.2, 0) is 20.7 Å². The van der Waals surface area contributed by atoms with Crippen LogP contribution in [0.2, 0.25) is 0 Å². The standard InChI is InChI=1S/C41H58O9/c1-5-22(2)40(48)50-36-19-27(43)16-25-7-6-23(3)30(38(25)36)12-9-26(42)18-28(44)20-37(46)49-29-10-13-31-24(17-29)8-11-33-32(31)14-15-41(4)34(33)21-35(45)39(41)47/h6-7,10,13,16-17,22-23,26-28,30,32-36,38-39,42-45,47H,5,8-9,11-12,14-15,18-21H2,1-4H3/t22-,23-,26+,27+,28+,30-,32+,33+,34-,35+,36-,38-,39-,41-/m0/s1. The molecule has 14 atom stereocenters. The first kappa shape index (κ1) is 37.2. The molecule has 2 fully saturated rings. The van der Waals surface area contributed by atoms with Crippen molar-refractivity contribution in [1.82, 2.24) is 0 Å². The van der Waals surface area contributed by atoms with Crippen LogP contribution in [0.5, 0.6) is 5.75 Å². The number of allylic oxidation sites excluding steroid dienone is 2. The molecule has 9 nitrogen and oxygen atoms in total. The predicted molar refractivity (Wildman–Crippen MR) is 188 cm³/mol. The minimum absolute atomic E-state index is 0.0429. The minimum Gasteiger partial charge on any atom is -0.461 e. The Morgan fingerprint density at radius 3 is 2.62 bits per heavy atom. The van der Waals surface area contributed by atoms with Crippen molar-refractivity contribution in [1.29, 1.82) is 0 Å². The van der Waals surface area contributed by atoms with E-state index in [0.717, 1.165) is 31.3 Å². The number of hydrogen-bond acceptors (Lipinski definition) is 9. The SMILES string of the molecule is CC[C@H](C)C(=O)O[C@H]1C[C@H](O)C=C2C=C[C@H](C)[C@H](CC[C@@H](O)C[C@@H](O)CC(=O)Oc3ccc4c(c3)CC[C@@H]3[C@@H]4CC[C@]4(C)[C@@H](O)[C@H](O)C[C@@H]34)[C@H]21. The number of aliphatic hydroxyl groups excluding tert-OH is 5. The first-order valence-corrected chi connectivity index (χ1v) is 19.1. The van der Waals surface area contributed by atoms with Crippen LogP contribution in [0.1, 0.15) is 109 Å². The Hall–Kier alpha value is -2.56. The van der Waals surface area contributed by atoms with Crippen molar-refractivity contribution < 1.29 is 44.6 Å². The fourth-order valence-electron chi connectivity index (χ4n) is 10.3. The van der Waals surface area contributed by atoms with Crippen LogP contribution in [0.4, 0.5) is 0 Å². The highest BCUT2D eigenvalue weighted by molar-refractivity contribution is 5.73. The lowest BCUT2D eigenvalue weighted by Crippen LogP contribution is -2.44. The molecule has 2 saturated carbocycles. The molecule has 5 N–H and O–H groups in total. The Morgan fingerprint density at radius 2 is 1.86 bits per heavy atom. The van der Waals surface area contributed by atoms with Gasteiger partial charge in [0, 0.05) is 12.3 Å². The van der Waals surface area contributed by atoms with E-state index in [-0.39, 0.29) is 47.9 Å². The molecule has 0 saturated heterocycles. The molecule has 0 aliphatic heterocycles. The monoisotopic (exact) mass is 694 g/mol. The minimum atomic E-state index is -1.06. The average molecular weight is 695 g/mol. The van der Waals surface area contributed by atoms with Crippen molar-refractivity contribution >= 4 is 11.9 Å². The highest BCUT2D eigenvalue weighted by Gasteiger charge is 2.57. The third kappa shape index (κ3) is 7.49. The Kier molecular flexibility index (Phi) is 11.3. The van der Waals surface area contributed by atoms with Crippen LogP contribution in [0, 0.1) is 40.9 Å². The van der Waals surface area contributed by atoms with E-state index < -0.39 is 42.6 Å². The van der Waals surface area contributed by atoms with Gasteiger partial charge >= 0.3 is 11.9 Å². The van der Waals surface area contributed by atoms with E-state index in [2.05, 4.69) is 26.0 Å². The van der Waals surface area contributed by atoms with Crippen LogP contribution >= 0.6 is 0 Å². The lowest BCUT2D eigenvalue weighted by molar-refractivity contribution is -0.159. The smallest absolute Gasteiger partial charge is 0.313 e. The summed E-state index contributed by atoms with van der Waals surface area (Å²) in [5.41, 5.74) is 3.17. The van der Waals surface area contributed by atoms with Gasteiger partial charge < -0.3 is 35.0 Å². The normalized spacial score (nSPS) is 37.7. The van der Waals surface area contributed by atoms with E-state index >= 15 is 0 Å². The van der Waals surface area contributed by atoms with Gasteiger partial charge in [0.25, 0.3) is 0 Å². The zero-order valence-electron chi connectivity index (χ0n) is 30.1. The number of ether oxygens (including phenoxy) is 2. The van der Waals surface area contributed by atoms with E-state index in [0.29, 0.717) is 55.6 Å². The summed E-state index contributed by atoms with van der Waals surface area (Å²) >= 11 is 0. The van der Waals surface area contributed by atoms with Crippen LogP contribution < -0.4 is 4.74 Å². The zero-order chi connectivity index (χ0) is 35.9. The maximum Gasteiger partial charge on any atom is 0.313 e. The maximum atomic E-state index is 12.9. The fraction of sp³-hybridized carbons (Fsp3) is 0.707. The summed E-state index contributed by atoms with van der Waals surface area (Å²) in [6.07, 6.45) is 7.85. The number of hydrogen-bond donors (Lipinski definition) is 5. The number of carbonyl (C=O) groups excluding carboxylic acids is 2. The van der Waals surface area contributed by atoms with E-state index in [1.807, 2.05) is 38.1 Å². The van der Waals surface area contributed by atoms with Gasteiger partial charge in [0.15, 0.2) is 0 Å². The number of aryl methyl sites for hydroxylation is 1. The van der Waals surface area contributed by atoms with Gasteiger partial charge in [-0.2, -0.15) is 0 Å². The summed E-state index contributed by atoms with van der Waals surface area (Å²) in [7, 11) is 0. The molecule has 0 radical (unpaired) electrons. The molecule has 0 aromatic heterocycles. The van der Waals surface area contributed by atoms with Gasteiger partial charge in [0.1, 0.15) is 11.9 Å².